The van der Waals surface area contributed by atoms with Crippen LogP contribution in [0.4, 0.5) is 17.6 Å². The summed E-state index contributed by atoms with van der Waals surface area (Å²) in [5.74, 6) is 2.39. The summed E-state index contributed by atoms with van der Waals surface area (Å²) in [6.07, 6.45) is 7.01. The molecule has 138 valence electrons. The normalized spacial score (nSPS) is 20.1. The molecule has 1 saturated heterocycles. The minimum atomic E-state index is -0.323. The predicted molar refractivity (Wildman–Crippen MR) is 97.6 cm³/mol. The maximum absolute atomic E-state index is 12.1. The van der Waals surface area contributed by atoms with Gasteiger partial charge in [0.25, 0.3) is 0 Å². The van der Waals surface area contributed by atoms with Crippen molar-refractivity contribution in [3.8, 4) is 0 Å². The van der Waals surface area contributed by atoms with Crippen molar-refractivity contribution < 1.29 is 9.53 Å². The van der Waals surface area contributed by atoms with Gasteiger partial charge in [-0.3, -0.25) is 5.10 Å². The number of carbonyl (C=O) groups excluding carboxylic acids is 1. The van der Waals surface area contributed by atoms with Gasteiger partial charge in [0.1, 0.15) is 11.9 Å². The summed E-state index contributed by atoms with van der Waals surface area (Å²) in [4.78, 5) is 23.2. The average molecular weight is 356 g/mol. The van der Waals surface area contributed by atoms with E-state index in [1.807, 2.05) is 17.9 Å². The first-order valence-corrected chi connectivity index (χ1v) is 9.16. The fourth-order valence-corrected chi connectivity index (χ4v) is 3.38. The first kappa shape index (κ1) is 16.8. The number of H-pyrrole nitrogens is 1. The number of aryl methyl sites for hydroxylation is 1. The SMILES string of the molecule is COC(=O)C1CCCCN1c1ncc(C)c(Nc2cc(C3CC3)[nH]n2)n1. The summed E-state index contributed by atoms with van der Waals surface area (Å²) in [6, 6.07) is 1.72. The highest BCUT2D eigenvalue weighted by Gasteiger charge is 2.31. The molecule has 26 heavy (non-hydrogen) atoms. The number of hydrogen-bond acceptors (Lipinski definition) is 7. The number of aromatic nitrogens is 4. The summed E-state index contributed by atoms with van der Waals surface area (Å²) >= 11 is 0. The van der Waals surface area contributed by atoms with E-state index >= 15 is 0 Å². The molecule has 8 nitrogen and oxygen atoms in total. The predicted octanol–water partition coefficient (Wildman–Crippen LogP) is 2.66. The number of nitrogens with zero attached hydrogens (tertiary/aromatic N) is 4. The largest absolute Gasteiger partial charge is 0.467 e. The molecule has 1 aliphatic heterocycles. The van der Waals surface area contributed by atoms with E-state index in [2.05, 4.69) is 25.5 Å². The van der Waals surface area contributed by atoms with Crippen LogP contribution in [0.1, 0.15) is 49.3 Å². The Bertz CT molecular complexity index is 801. The van der Waals surface area contributed by atoms with Gasteiger partial charge in [0, 0.05) is 36.0 Å². The third-order valence-corrected chi connectivity index (χ3v) is 5.05. The van der Waals surface area contributed by atoms with Crippen LogP contribution in [0.15, 0.2) is 12.3 Å². The van der Waals surface area contributed by atoms with E-state index in [4.69, 9.17) is 4.74 Å². The van der Waals surface area contributed by atoms with Crippen LogP contribution in [0.2, 0.25) is 0 Å². The Kier molecular flexibility index (Phi) is 4.48. The quantitative estimate of drug-likeness (QED) is 0.795. The van der Waals surface area contributed by atoms with Crippen molar-refractivity contribution in [1.29, 1.82) is 0 Å². The molecule has 2 fully saturated rings. The van der Waals surface area contributed by atoms with Gasteiger partial charge in [0.2, 0.25) is 5.95 Å². The van der Waals surface area contributed by atoms with Gasteiger partial charge in [-0.1, -0.05) is 0 Å². The topological polar surface area (TPSA) is 96.0 Å². The van der Waals surface area contributed by atoms with Gasteiger partial charge in [-0.05, 0) is 39.0 Å². The zero-order valence-electron chi connectivity index (χ0n) is 15.2. The van der Waals surface area contributed by atoms with Crippen LogP contribution in [-0.4, -0.2) is 45.8 Å². The van der Waals surface area contributed by atoms with Crippen LogP contribution in [0.5, 0.6) is 0 Å². The van der Waals surface area contributed by atoms with E-state index in [1.54, 1.807) is 6.20 Å². The molecule has 2 aliphatic rings. The molecule has 1 unspecified atom stereocenters. The van der Waals surface area contributed by atoms with Gasteiger partial charge < -0.3 is 15.0 Å². The number of esters is 1. The second kappa shape index (κ2) is 6.93. The number of aromatic amines is 1. The molecule has 0 radical (unpaired) electrons. The second-order valence-corrected chi connectivity index (χ2v) is 7.04. The fraction of sp³-hybridized carbons (Fsp3) is 0.556. The summed E-state index contributed by atoms with van der Waals surface area (Å²) < 4.78 is 4.96. The van der Waals surface area contributed by atoms with E-state index in [1.165, 1.54) is 25.6 Å². The molecule has 3 heterocycles. The summed E-state index contributed by atoms with van der Waals surface area (Å²) in [7, 11) is 1.42. The number of methoxy groups -OCH3 is 1. The van der Waals surface area contributed by atoms with Crippen LogP contribution in [0.25, 0.3) is 0 Å². The smallest absolute Gasteiger partial charge is 0.328 e. The Hall–Kier alpha value is -2.64. The zero-order valence-corrected chi connectivity index (χ0v) is 15.2. The molecule has 4 rings (SSSR count). The van der Waals surface area contributed by atoms with Gasteiger partial charge in [-0.25, -0.2) is 9.78 Å². The molecule has 0 aromatic carbocycles. The van der Waals surface area contributed by atoms with Gasteiger partial charge in [-0.15, -0.1) is 0 Å². The summed E-state index contributed by atoms with van der Waals surface area (Å²) in [5, 5.41) is 10.7. The van der Waals surface area contributed by atoms with Crippen LogP contribution in [0.3, 0.4) is 0 Å². The summed E-state index contributed by atoms with van der Waals surface area (Å²) in [6.45, 7) is 2.70. The standard InChI is InChI=1S/C18H24N6O2/c1-11-10-19-18(24-8-4-3-5-14(24)17(25)26-2)21-16(11)20-15-9-13(22-23-15)12-6-7-12/h9-10,12,14H,3-8H2,1-2H3,(H2,19,20,21,22,23). The maximum Gasteiger partial charge on any atom is 0.328 e. The Balaban J connectivity index is 1.57. The van der Waals surface area contributed by atoms with E-state index < -0.39 is 0 Å². The number of anilines is 3. The second-order valence-electron chi connectivity index (χ2n) is 7.04. The van der Waals surface area contributed by atoms with Crippen molar-refractivity contribution in [2.75, 3.05) is 23.9 Å². The maximum atomic E-state index is 12.1. The number of nitrogens with one attached hydrogen (secondary N) is 2. The van der Waals surface area contributed by atoms with Gasteiger partial charge in [-0.2, -0.15) is 10.1 Å². The molecule has 0 bridgehead atoms. The lowest BCUT2D eigenvalue weighted by molar-refractivity contribution is -0.142. The molecule has 8 heteroatoms. The minimum absolute atomic E-state index is 0.232. The molecular formula is C18H24N6O2. The Morgan fingerprint density at radius 2 is 2.19 bits per heavy atom. The Labute approximate surface area is 152 Å². The average Bonchev–Trinajstić information content (AvgIpc) is 3.42. The first-order valence-electron chi connectivity index (χ1n) is 9.16. The van der Waals surface area contributed by atoms with Gasteiger partial charge in [0.15, 0.2) is 5.82 Å². The lowest BCUT2D eigenvalue weighted by atomic mass is 10.0. The number of hydrogen-bond donors (Lipinski definition) is 2. The molecular weight excluding hydrogens is 332 g/mol. The van der Waals surface area contributed by atoms with Crippen molar-refractivity contribution >= 4 is 23.6 Å². The Morgan fingerprint density at radius 1 is 1.35 bits per heavy atom. The zero-order chi connectivity index (χ0) is 18.1. The molecule has 2 aromatic rings. The highest BCUT2D eigenvalue weighted by molar-refractivity contribution is 5.79. The van der Waals surface area contributed by atoms with Crippen molar-refractivity contribution in [2.24, 2.45) is 0 Å². The highest BCUT2D eigenvalue weighted by atomic mass is 16.5. The molecule has 2 aromatic heterocycles. The number of ether oxygens (including phenoxy) is 1. The molecule has 1 aliphatic carbocycles. The highest BCUT2D eigenvalue weighted by Crippen LogP contribution is 2.39. The van der Waals surface area contributed by atoms with Crippen molar-refractivity contribution in [2.45, 2.75) is 51.0 Å². The molecule has 0 spiro atoms. The molecule has 2 N–H and O–H groups in total. The summed E-state index contributed by atoms with van der Waals surface area (Å²) in [5.41, 5.74) is 2.09. The van der Waals surface area contributed by atoms with Crippen molar-refractivity contribution in [3.05, 3.63) is 23.5 Å². The van der Waals surface area contributed by atoms with E-state index in [0.29, 0.717) is 17.7 Å². The van der Waals surface area contributed by atoms with E-state index in [-0.39, 0.29) is 12.0 Å². The van der Waals surface area contributed by atoms with Crippen LogP contribution < -0.4 is 10.2 Å². The fourth-order valence-electron chi connectivity index (χ4n) is 3.38. The number of piperidine rings is 1. The third kappa shape index (κ3) is 3.36. The minimum Gasteiger partial charge on any atom is -0.467 e. The van der Waals surface area contributed by atoms with E-state index in [9.17, 15) is 4.79 Å². The van der Waals surface area contributed by atoms with Crippen LogP contribution >= 0.6 is 0 Å². The van der Waals surface area contributed by atoms with Crippen LogP contribution in [-0.2, 0) is 9.53 Å². The van der Waals surface area contributed by atoms with Crippen LogP contribution in [0, 0.1) is 6.92 Å². The third-order valence-electron chi connectivity index (χ3n) is 5.05. The Morgan fingerprint density at radius 3 is 2.96 bits per heavy atom. The first-order chi connectivity index (χ1) is 12.7. The number of rotatable bonds is 5. The lowest BCUT2D eigenvalue weighted by Gasteiger charge is -2.33. The number of carbonyl (C=O) groups is 1. The van der Waals surface area contributed by atoms with E-state index in [0.717, 1.165) is 37.2 Å². The van der Waals surface area contributed by atoms with Crippen molar-refractivity contribution in [1.82, 2.24) is 20.2 Å². The van der Waals surface area contributed by atoms with Gasteiger partial charge in [0.05, 0.1) is 7.11 Å². The monoisotopic (exact) mass is 356 g/mol. The van der Waals surface area contributed by atoms with Crippen molar-refractivity contribution in [3.63, 3.8) is 0 Å². The van der Waals surface area contributed by atoms with Gasteiger partial charge >= 0.3 is 5.97 Å². The molecule has 1 atom stereocenters. The lowest BCUT2D eigenvalue weighted by Crippen LogP contribution is -2.46. The molecule has 0 amide bonds. The molecule has 1 saturated carbocycles.